The van der Waals surface area contributed by atoms with Crippen molar-refractivity contribution >= 4 is 122 Å². The van der Waals surface area contributed by atoms with Gasteiger partial charge >= 0.3 is 78.7 Å². The summed E-state index contributed by atoms with van der Waals surface area (Å²) in [7, 11) is 2.41. The molecule has 0 saturated heterocycles. The number of unbranched alkanes of at least 4 members (excludes halogenated alkanes) is 1. The third-order valence-electron chi connectivity index (χ3n) is 3.45. The quantitative estimate of drug-likeness (QED) is 0.0361. The van der Waals surface area contributed by atoms with E-state index in [1.54, 1.807) is 11.8 Å². The maximum atomic E-state index is 10.3. The first-order chi connectivity index (χ1) is 15.3. The number of carboxylic acids is 4. The fraction of sp³-hybridized carbons (Fsp3) is 0.765. The van der Waals surface area contributed by atoms with Gasteiger partial charge in [0.05, 0.1) is 0 Å². The summed E-state index contributed by atoms with van der Waals surface area (Å²) in [5.74, 6) is -2.71. The maximum absolute atomic E-state index is 10.3. The van der Waals surface area contributed by atoms with E-state index in [1.165, 1.54) is 21.6 Å². The molecule has 0 aromatic carbocycles. The molecule has 36 heavy (non-hydrogen) atoms. The molecule has 14 N–H and O–H groups in total. The van der Waals surface area contributed by atoms with Crippen LogP contribution in [0.1, 0.15) is 28.5 Å². The molecule has 0 aliphatic rings. The van der Waals surface area contributed by atoms with E-state index >= 15 is 0 Å². The summed E-state index contributed by atoms with van der Waals surface area (Å²) >= 11 is 1.60. The van der Waals surface area contributed by atoms with Gasteiger partial charge in [0.1, 0.15) is 24.2 Å². The predicted octanol–water partition coefficient (Wildman–Crippen LogP) is -2.14. The Balaban J connectivity index is -0.0000000569. The van der Waals surface area contributed by atoms with E-state index in [-0.39, 0.29) is 79.1 Å². The summed E-state index contributed by atoms with van der Waals surface area (Å²) in [6, 6.07) is -3.24. The van der Waals surface area contributed by atoms with E-state index < -0.39 is 48.0 Å². The van der Waals surface area contributed by atoms with Gasteiger partial charge in [-0.2, -0.15) is 21.7 Å². The van der Waals surface area contributed by atoms with E-state index in [4.69, 9.17) is 49.1 Å². The van der Waals surface area contributed by atoms with Crippen LogP contribution in [0.4, 0.5) is 0 Å². The molecule has 0 radical (unpaired) electrons. The molecule has 0 spiro atoms. The number of nitrogens with two attached hydrogens (primary N) is 5. The van der Waals surface area contributed by atoms with Gasteiger partial charge in [-0.05, 0) is 37.8 Å². The van der Waals surface area contributed by atoms with Gasteiger partial charge in [-0.3, -0.25) is 19.2 Å². The van der Waals surface area contributed by atoms with Crippen molar-refractivity contribution in [3.05, 3.63) is 0 Å². The van der Waals surface area contributed by atoms with Crippen LogP contribution in [0.25, 0.3) is 0 Å². The zero-order valence-electron chi connectivity index (χ0n) is 22.4. The SMILES string of the molecule is CSCCC(N)C(=O)O.NC(CSSCC(N)C(=O)O)C(=O)O.NCCCCC(N)C(=O)O.P.[Ca+2].[H-].[H-].[SeH2]. The monoisotopic (exact) mass is 693 g/mol. The third kappa shape index (κ3) is 37.1. The fourth-order valence-electron chi connectivity index (χ4n) is 1.39. The number of aliphatic carboxylic acids is 4. The van der Waals surface area contributed by atoms with Gasteiger partial charge in [-0.25, -0.2) is 0 Å². The molecule has 0 rings (SSSR count). The Morgan fingerprint density at radius 1 is 0.722 bits per heavy atom. The molecule has 216 valence electrons. The molecule has 0 aromatic heterocycles. The van der Waals surface area contributed by atoms with E-state index in [0.29, 0.717) is 19.4 Å². The molecule has 0 heterocycles. The molecule has 0 aliphatic heterocycles. The minimum atomic E-state index is -1.07. The molecule has 0 fully saturated rings. The van der Waals surface area contributed by atoms with Crippen molar-refractivity contribution in [2.24, 2.45) is 28.7 Å². The van der Waals surface area contributed by atoms with Gasteiger partial charge in [0.2, 0.25) is 0 Å². The molecule has 0 aromatic rings. The Hall–Kier alpha value is 0.939. The topological polar surface area (TPSA) is 279 Å². The number of thioether (sulfide) groups is 1. The van der Waals surface area contributed by atoms with Crippen LogP contribution in [0.5, 0.6) is 0 Å². The second-order valence-electron chi connectivity index (χ2n) is 6.41. The average Bonchev–Trinajstić information content (AvgIpc) is 2.75. The standard InChI is InChI=1S/C6H12N2O4S2.C6H14N2O2.C5H11NO2S.Ca.H3P.H2Se.2H/c7-3(5(9)10)1-13-14-2-4(8)6(11)12;7-4-2-1-3-5(8)6(9)10;1-9-3-2-4(6)5(7)8;;;;;/h3-4H,1-2,7-8H2,(H,9,10)(H,11,12);5H,1-4,7-8H2,(H,9,10);4H,2-3,6H2,1H3,(H,7,8);;1H3;1H2;;/q;;;+2;;;2*-1. The van der Waals surface area contributed by atoms with Crippen molar-refractivity contribution in [2.45, 2.75) is 49.9 Å². The van der Waals surface area contributed by atoms with Crippen LogP contribution in [0.2, 0.25) is 0 Å². The summed E-state index contributed by atoms with van der Waals surface area (Å²) in [6.07, 6.45) is 4.64. The molecule has 0 saturated carbocycles. The molecule has 19 heteroatoms. The summed E-state index contributed by atoms with van der Waals surface area (Å²) in [5, 5.41) is 33.4. The van der Waals surface area contributed by atoms with E-state index in [1.807, 2.05) is 6.26 Å². The van der Waals surface area contributed by atoms with Gasteiger partial charge in [0.25, 0.3) is 0 Å². The first-order valence-electron chi connectivity index (χ1n) is 9.68. The number of hydrogen-bond donors (Lipinski definition) is 9. The van der Waals surface area contributed by atoms with Crippen LogP contribution >= 0.6 is 43.2 Å². The molecule has 5 atom stereocenters. The second-order valence-corrected chi connectivity index (χ2v) is 9.95. The van der Waals surface area contributed by atoms with Crippen molar-refractivity contribution in [1.82, 2.24) is 0 Å². The molecular weight excluding hydrogens is 648 g/mol. The molecule has 0 bridgehead atoms. The second kappa shape index (κ2) is 34.0. The van der Waals surface area contributed by atoms with Crippen molar-refractivity contribution in [1.29, 1.82) is 0 Å². The van der Waals surface area contributed by atoms with E-state index in [2.05, 4.69) is 0 Å². The van der Waals surface area contributed by atoms with Gasteiger partial charge in [0, 0.05) is 11.5 Å². The predicted molar refractivity (Wildman–Crippen MR) is 161 cm³/mol. The first-order valence-corrected chi connectivity index (χ1v) is 13.6. The third-order valence-corrected chi connectivity index (χ3v) is 6.57. The van der Waals surface area contributed by atoms with Crippen LogP contribution in [0, 0.1) is 0 Å². The average molecular weight is 693 g/mol. The van der Waals surface area contributed by atoms with E-state index in [0.717, 1.165) is 18.6 Å². The summed E-state index contributed by atoms with van der Waals surface area (Å²) < 4.78 is 0. The van der Waals surface area contributed by atoms with Crippen LogP contribution < -0.4 is 28.7 Å². The summed E-state index contributed by atoms with van der Waals surface area (Å²) in [5.41, 5.74) is 26.0. The fourth-order valence-corrected chi connectivity index (χ4v) is 4.10. The van der Waals surface area contributed by atoms with Gasteiger partial charge < -0.3 is 51.9 Å². The molecule has 13 nitrogen and oxygen atoms in total. The number of carboxylic acid groups (broad SMARTS) is 4. The molecule has 5 unspecified atom stereocenters. The van der Waals surface area contributed by atoms with Crippen LogP contribution in [-0.2, 0) is 19.2 Å². The van der Waals surface area contributed by atoms with Gasteiger partial charge in [-0.1, -0.05) is 28.0 Å². The first kappa shape index (κ1) is 49.8. The number of carbonyl (C=O) groups is 4. The van der Waals surface area contributed by atoms with Crippen molar-refractivity contribution in [2.75, 3.05) is 30.1 Å². The van der Waals surface area contributed by atoms with Crippen LogP contribution in [0.3, 0.4) is 0 Å². The Morgan fingerprint density at radius 2 is 1.06 bits per heavy atom. The normalized spacial score (nSPS) is 12.6. The Kier molecular flexibility index (Phi) is 47.0. The zero-order chi connectivity index (χ0) is 26.4. The number of rotatable bonds is 16. The molecule has 0 amide bonds. The van der Waals surface area contributed by atoms with Crippen LogP contribution in [-0.4, -0.2) is 153 Å². The Morgan fingerprint density at radius 3 is 1.33 bits per heavy atom. The minimum absolute atomic E-state index is 0. The van der Waals surface area contributed by atoms with Gasteiger partial charge in [0.15, 0.2) is 0 Å². The zero-order valence-corrected chi connectivity index (χ0v) is 28.6. The number of hydrogen-bond acceptors (Lipinski definition) is 12. The van der Waals surface area contributed by atoms with E-state index in [9.17, 15) is 19.2 Å². The molecular formula is C17H44CaN5O8PS3Se. The van der Waals surface area contributed by atoms with Crippen LogP contribution in [0.15, 0.2) is 0 Å². The van der Waals surface area contributed by atoms with Crippen molar-refractivity contribution in [3.8, 4) is 0 Å². The Labute approximate surface area is 270 Å². The van der Waals surface area contributed by atoms with Crippen molar-refractivity contribution < 1.29 is 42.5 Å². The molecule has 0 aliphatic carbocycles. The summed E-state index contributed by atoms with van der Waals surface area (Å²) in [6.45, 7) is 0.604. The van der Waals surface area contributed by atoms with Crippen molar-refractivity contribution in [3.63, 3.8) is 0 Å². The van der Waals surface area contributed by atoms with Gasteiger partial charge in [-0.15, -0.1) is 0 Å². The summed E-state index contributed by atoms with van der Waals surface area (Å²) in [4.78, 5) is 40.7. The Bertz CT molecular complexity index is 572.